The van der Waals surface area contributed by atoms with Crippen LogP contribution in [-0.4, -0.2) is 38.2 Å². The summed E-state index contributed by atoms with van der Waals surface area (Å²) in [4.78, 5) is 7.14. The molecule has 2 bridgehead atoms. The van der Waals surface area contributed by atoms with Gasteiger partial charge in [-0.1, -0.05) is 18.3 Å². The van der Waals surface area contributed by atoms with E-state index >= 15 is 0 Å². The Kier molecular flexibility index (Phi) is 3.52. The first-order valence-electron chi connectivity index (χ1n) is 6.82. The van der Waals surface area contributed by atoms with Gasteiger partial charge in [0.2, 0.25) is 0 Å². The largest absolute Gasteiger partial charge is 0.393 e. The first-order chi connectivity index (χ1) is 9.15. The summed E-state index contributed by atoms with van der Waals surface area (Å²) in [6.45, 7) is 0.836. The first kappa shape index (κ1) is 13.0. The van der Waals surface area contributed by atoms with E-state index in [0.717, 1.165) is 30.6 Å². The highest BCUT2D eigenvalue weighted by Crippen LogP contribution is 2.36. The highest BCUT2D eigenvalue weighted by atomic mass is 32.1. The average Bonchev–Trinajstić information content (AvgIpc) is 2.62. The highest BCUT2D eigenvalue weighted by molar-refractivity contribution is 7.80. The third-order valence-electron chi connectivity index (χ3n) is 4.34. The fourth-order valence-electron chi connectivity index (χ4n) is 3.49. The van der Waals surface area contributed by atoms with E-state index in [9.17, 15) is 5.11 Å². The Labute approximate surface area is 118 Å². The molecule has 2 saturated heterocycles. The number of hydrogen-bond acceptors (Lipinski definition) is 4. The summed E-state index contributed by atoms with van der Waals surface area (Å²) >= 11 is 5.07. The van der Waals surface area contributed by atoms with Crippen LogP contribution in [0, 0.1) is 0 Å². The minimum atomic E-state index is -0.127. The molecule has 0 aliphatic carbocycles. The zero-order valence-corrected chi connectivity index (χ0v) is 11.6. The Morgan fingerprint density at radius 1 is 1.42 bits per heavy atom. The van der Waals surface area contributed by atoms with E-state index in [0.29, 0.717) is 17.1 Å². The van der Waals surface area contributed by atoms with Crippen molar-refractivity contribution >= 4 is 17.2 Å². The SMILES string of the molecule is NC(=S)c1ncccc1CN1C2CCC1CC(O)C2. The fourth-order valence-corrected chi connectivity index (χ4v) is 3.67. The number of nitrogens with two attached hydrogens (primary N) is 1. The van der Waals surface area contributed by atoms with E-state index in [4.69, 9.17) is 18.0 Å². The molecule has 0 aromatic carbocycles. The summed E-state index contributed by atoms with van der Waals surface area (Å²) in [5, 5.41) is 9.84. The van der Waals surface area contributed by atoms with Crippen molar-refractivity contribution in [2.75, 3.05) is 0 Å². The Morgan fingerprint density at radius 2 is 2.11 bits per heavy atom. The van der Waals surface area contributed by atoms with Crippen molar-refractivity contribution in [1.82, 2.24) is 9.88 Å². The Balaban J connectivity index is 1.81. The standard InChI is InChI=1S/C14H19N3OS/c15-14(19)13-9(2-1-5-16-13)8-17-10-3-4-11(17)7-12(18)6-10/h1-2,5,10-12,18H,3-4,6-8H2,(H2,15,19). The van der Waals surface area contributed by atoms with Gasteiger partial charge in [-0.25, -0.2) is 0 Å². The van der Waals surface area contributed by atoms with Gasteiger partial charge in [-0.05, 0) is 37.3 Å². The van der Waals surface area contributed by atoms with Crippen molar-refractivity contribution in [2.24, 2.45) is 5.73 Å². The Bertz CT molecular complexity index is 479. The number of hydrogen-bond donors (Lipinski definition) is 2. The summed E-state index contributed by atoms with van der Waals surface area (Å²) in [5.74, 6) is 0. The minimum absolute atomic E-state index is 0.127. The molecule has 102 valence electrons. The number of aliphatic hydroxyl groups is 1. The zero-order valence-electron chi connectivity index (χ0n) is 10.8. The van der Waals surface area contributed by atoms with E-state index < -0.39 is 0 Å². The molecule has 0 spiro atoms. The zero-order chi connectivity index (χ0) is 13.4. The van der Waals surface area contributed by atoms with Crippen LogP contribution >= 0.6 is 12.2 Å². The highest BCUT2D eigenvalue weighted by Gasteiger charge is 2.40. The molecule has 0 saturated carbocycles. The molecule has 3 N–H and O–H groups in total. The number of fused-ring (bicyclic) bond motifs is 2. The van der Waals surface area contributed by atoms with Crippen LogP contribution in [0.5, 0.6) is 0 Å². The molecule has 0 radical (unpaired) electrons. The number of nitrogens with zero attached hydrogens (tertiary/aromatic N) is 2. The number of thiocarbonyl (C=S) groups is 1. The van der Waals surface area contributed by atoms with Crippen LogP contribution in [0.1, 0.15) is 36.9 Å². The Hall–Kier alpha value is -1.04. The normalized spacial score (nSPS) is 30.5. The summed E-state index contributed by atoms with van der Waals surface area (Å²) < 4.78 is 0. The number of aliphatic hydroxyl groups excluding tert-OH is 1. The third-order valence-corrected chi connectivity index (χ3v) is 4.53. The van der Waals surface area contributed by atoms with Crippen LogP contribution in [0.2, 0.25) is 0 Å². The van der Waals surface area contributed by atoms with Crippen LogP contribution in [-0.2, 0) is 6.54 Å². The second kappa shape index (κ2) is 5.15. The lowest BCUT2D eigenvalue weighted by Crippen LogP contribution is -2.44. The van der Waals surface area contributed by atoms with Crippen molar-refractivity contribution in [3.8, 4) is 0 Å². The van der Waals surface area contributed by atoms with Crippen LogP contribution in [0.4, 0.5) is 0 Å². The fraction of sp³-hybridized carbons (Fsp3) is 0.571. The number of piperidine rings is 1. The van der Waals surface area contributed by atoms with Gasteiger partial charge in [0.15, 0.2) is 0 Å². The molecule has 3 rings (SSSR count). The van der Waals surface area contributed by atoms with Crippen LogP contribution < -0.4 is 5.73 Å². The second-order valence-corrected chi connectivity index (χ2v) is 6.00. The molecular weight excluding hydrogens is 258 g/mol. The molecule has 19 heavy (non-hydrogen) atoms. The number of rotatable bonds is 3. The van der Waals surface area contributed by atoms with Crippen molar-refractivity contribution in [3.05, 3.63) is 29.6 Å². The van der Waals surface area contributed by atoms with E-state index in [1.54, 1.807) is 6.20 Å². The predicted octanol–water partition coefficient (Wildman–Crippen LogP) is 1.20. The maximum atomic E-state index is 9.84. The number of pyridine rings is 1. The summed E-state index contributed by atoms with van der Waals surface area (Å²) in [7, 11) is 0. The molecule has 0 amide bonds. The molecule has 2 aliphatic heterocycles. The minimum Gasteiger partial charge on any atom is -0.393 e. The van der Waals surface area contributed by atoms with Gasteiger partial charge in [-0.3, -0.25) is 9.88 Å². The monoisotopic (exact) mass is 277 g/mol. The maximum Gasteiger partial charge on any atom is 0.123 e. The summed E-state index contributed by atoms with van der Waals surface area (Å²) in [6, 6.07) is 4.96. The first-order valence-corrected chi connectivity index (χ1v) is 7.23. The topological polar surface area (TPSA) is 62.4 Å². The smallest absolute Gasteiger partial charge is 0.123 e. The Morgan fingerprint density at radius 3 is 2.74 bits per heavy atom. The van der Waals surface area contributed by atoms with Gasteiger partial charge in [0.25, 0.3) is 0 Å². The molecule has 5 heteroatoms. The quantitative estimate of drug-likeness (QED) is 0.813. The lowest BCUT2D eigenvalue weighted by molar-refractivity contribution is 0.0309. The van der Waals surface area contributed by atoms with Gasteiger partial charge in [0.05, 0.1) is 6.10 Å². The third kappa shape index (κ3) is 2.50. The van der Waals surface area contributed by atoms with E-state index in [-0.39, 0.29) is 6.10 Å². The van der Waals surface area contributed by atoms with E-state index in [2.05, 4.69) is 9.88 Å². The van der Waals surface area contributed by atoms with Crippen LogP contribution in [0.3, 0.4) is 0 Å². The molecule has 2 fully saturated rings. The van der Waals surface area contributed by atoms with Crippen molar-refractivity contribution < 1.29 is 5.11 Å². The summed E-state index contributed by atoms with van der Waals surface area (Å²) in [6.07, 6.45) is 5.75. The van der Waals surface area contributed by atoms with Crippen molar-refractivity contribution in [2.45, 2.75) is 50.4 Å². The van der Waals surface area contributed by atoms with Gasteiger partial charge in [-0.15, -0.1) is 0 Å². The molecule has 1 aromatic heterocycles. The van der Waals surface area contributed by atoms with Crippen LogP contribution in [0.25, 0.3) is 0 Å². The molecule has 2 atom stereocenters. The molecule has 2 aliphatic rings. The van der Waals surface area contributed by atoms with Gasteiger partial charge >= 0.3 is 0 Å². The second-order valence-electron chi connectivity index (χ2n) is 5.56. The van der Waals surface area contributed by atoms with E-state index in [1.807, 2.05) is 12.1 Å². The van der Waals surface area contributed by atoms with E-state index in [1.165, 1.54) is 12.8 Å². The van der Waals surface area contributed by atoms with Gasteiger partial charge < -0.3 is 10.8 Å². The van der Waals surface area contributed by atoms with Gasteiger partial charge in [0, 0.05) is 24.8 Å². The molecule has 4 nitrogen and oxygen atoms in total. The summed E-state index contributed by atoms with van der Waals surface area (Å²) in [5.41, 5.74) is 7.58. The maximum absolute atomic E-state index is 9.84. The van der Waals surface area contributed by atoms with Gasteiger partial charge in [0.1, 0.15) is 10.7 Å². The van der Waals surface area contributed by atoms with Gasteiger partial charge in [-0.2, -0.15) is 0 Å². The van der Waals surface area contributed by atoms with Crippen molar-refractivity contribution in [1.29, 1.82) is 0 Å². The predicted molar refractivity (Wildman–Crippen MR) is 77.7 cm³/mol. The molecule has 2 unspecified atom stereocenters. The molecule has 1 aromatic rings. The molecular formula is C14H19N3OS. The lowest BCUT2D eigenvalue weighted by Gasteiger charge is -2.37. The lowest BCUT2D eigenvalue weighted by atomic mass is 9.99. The number of aromatic nitrogens is 1. The van der Waals surface area contributed by atoms with Crippen LogP contribution in [0.15, 0.2) is 18.3 Å². The molecule has 3 heterocycles. The average molecular weight is 277 g/mol. The van der Waals surface area contributed by atoms with Crippen molar-refractivity contribution in [3.63, 3.8) is 0 Å².